The Hall–Kier alpha value is -1.26. The minimum Gasteiger partial charge on any atom is -0.396 e. The van der Waals surface area contributed by atoms with Crippen LogP contribution in [0.4, 0.5) is 5.69 Å². The molecule has 0 spiro atoms. The summed E-state index contributed by atoms with van der Waals surface area (Å²) in [5.74, 6) is 0. The SMILES string of the molecule is CC(CCc1ccccc1)N(C)CC(O)c1cc(Cl)c(N)c(Cl)c1. The minimum absolute atomic E-state index is 0.346. The number of halogens is 2. The summed E-state index contributed by atoms with van der Waals surface area (Å²) >= 11 is 12.1. The van der Waals surface area contributed by atoms with E-state index < -0.39 is 6.10 Å². The van der Waals surface area contributed by atoms with Crippen molar-refractivity contribution in [2.24, 2.45) is 0 Å². The molecule has 0 bridgehead atoms. The molecule has 2 aromatic rings. The second-order valence-electron chi connectivity index (χ2n) is 6.23. The molecule has 0 aliphatic heterocycles. The molecule has 0 saturated carbocycles. The fourth-order valence-corrected chi connectivity index (χ4v) is 3.10. The van der Waals surface area contributed by atoms with Crippen molar-refractivity contribution in [3.05, 3.63) is 63.6 Å². The van der Waals surface area contributed by atoms with Crippen molar-refractivity contribution >= 4 is 28.9 Å². The maximum Gasteiger partial charge on any atom is 0.0917 e. The number of anilines is 1. The Labute approximate surface area is 154 Å². The van der Waals surface area contributed by atoms with Crippen LogP contribution in [0.15, 0.2) is 42.5 Å². The number of aliphatic hydroxyl groups is 1. The van der Waals surface area contributed by atoms with Gasteiger partial charge in [0.25, 0.3) is 0 Å². The minimum atomic E-state index is -0.662. The molecular formula is C19H24Cl2N2O. The van der Waals surface area contributed by atoms with Crippen LogP contribution in [0, 0.1) is 0 Å². The van der Waals surface area contributed by atoms with Crippen LogP contribution in [0.25, 0.3) is 0 Å². The monoisotopic (exact) mass is 366 g/mol. The number of aliphatic hydroxyl groups excluding tert-OH is 1. The Bertz CT molecular complexity index is 641. The first-order chi connectivity index (χ1) is 11.4. The van der Waals surface area contributed by atoms with Crippen molar-refractivity contribution in [2.45, 2.75) is 31.9 Å². The quantitative estimate of drug-likeness (QED) is 0.706. The predicted octanol–water partition coefficient (Wildman–Crippen LogP) is 4.56. The zero-order valence-corrected chi connectivity index (χ0v) is 15.6. The zero-order chi connectivity index (χ0) is 17.7. The molecule has 2 unspecified atom stereocenters. The molecule has 5 heteroatoms. The Kier molecular flexibility index (Phi) is 6.93. The van der Waals surface area contributed by atoms with Crippen molar-refractivity contribution in [1.29, 1.82) is 0 Å². The largest absolute Gasteiger partial charge is 0.396 e. The summed E-state index contributed by atoms with van der Waals surface area (Å²) in [5.41, 5.74) is 8.10. The normalized spacial score (nSPS) is 13.9. The summed E-state index contributed by atoms with van der Waals surface area (Å²) < 4.78 is 0. The highest BCUT2D eigenvalue weighted by molar-refractivity contribution is 6.38. The van der Waals surface area contributed by atoms with E-state index in [-0.39, 0.29) is 0 Å². The zero-order valence-electron chi connectivity index (χ0n) is 14.0. The molecule has 2 rings (SSSR count). The number of hydrogen-bond donors (Lipinski definition) is 2. The van der Waals surface area contributed by atoms with Gasteiger partial charge in [-0.1, -0.05) is 53.5 Å². The van der Waals surface area contributed by atoms with E-state index in [1.165, 1.54) is 5.56 Å². The van der Waals surface area contributed by atoms with Crippen LogP contribution in [0.5, 0.6) is 0 Å². The van der Waals surface area contributed by atoms with Crippen molar-refractivity contribution in [2.75, 3.05) is 19.3 Å². The fourth-order valence-electron chi connectivity index (χ4n) is 2.60. The van der Waals surface area contributed by atoms with E-state index in [1.807, 2.05) is 13.1 Å². The molecular weight excluding hydrogens is 343 g/mol. The summed E-state index contributed by atoms with van der Waals surface area (Å²) in [6.07, 6.45) is 1.38. The molecule has 130 valence electrons. The van der Waals surface area contributed by atoms with E-state index in [9.17, 15) is 5.11 Å². The summed E-state index contributed by atoms with van der Waals surface area (Å²) in [4.78, 5) is 2.14. The van der Waals surface area contributed by atoms with Gasteiger partial charge in [-0.05, 0) is 50.1 Å². The molecule has 0 radical (unpaired) electrons. The third kappa shape index (κ3) is 5.12. The van der Waals surface area contributed by atoms with Gasteiger partial charge < -0.3 is 15.7 Å². The smallest absolute Gasteiger partial charge is 0.0917 e. The molecule has 0 saturated heterocycles. The van der Waals surface area contributed by atoms with Crippen molar-refractivity contribution < 1.29 is 5.11 Å². The predicted molar refractivity (Wildman–Crippen MR) is 103 cm³/mol. The van der Waals surface area contributed by atoms with Crippen LogP contribution in [-0.4, -0.2) is 29.6 Å². The molecule has 0 fully saturated rings. The highest BCUT2D eigenvalue weighted by Crippen LogP contribution is 2.31. The van der Waals surface area contributed by atoms with Gasteiger partial charge in [-0.15, -0.1) is 0 Å². The van der Waals surface area contributed by atoms with Crippen LogP contribution in [0.2, 0.25) is 10.0 Å². The second kappa shape index (κ2) is 8.72. The first-order valence-electron chi connectivity index (χ1n) is 8.05. The average molecular weight is 367 g/mol. The lowest BCUT2D eigenvalue weighted by molar-refractivity contribution is 0.106. The maximum absolute atomic E-state index is 10.5. The Morgan fingerprint density at radius 1 is 1.12 bits per heavy atom. The van der Waals surface area contributed by atoms with Crippen LogP contribution in [0.1, 0.15) is 30.6 Å². The molecule has 2 aromatic carbocycles. The van der Waals surface area contributed by atoms with E-state index >= 15 is 0 Å². The van der Waals surface area contributed by atoms with Crippen molar-refractivity contribution in [3.8, 4) is 0 Å². The second-order valence-corrected chi connectivity index (χ2v) is 7.04. The van der Waals surface area contributed by atoms with Crippen LogP contribution in [-0.2, 0) is 6.42 Å². The maximum atomic E-state index is 10.5. The van der Waals surface area contributed by atoms with Gasteiger partial charge in [-0.25, -0.2) is 0 Å². The molecule has 0 amide bonds. The molecule has 2 atom stereocenters. The molecule has 0 heterocycles. The van der Waals surface area contributed by atoms with Gasteiger partial charge >= 0.3 is 0 Å². The number of hydrogen-bond acceptors (Lipinski definition) is 3. The van der Waals surface area contributed by atoms with Crippen molar-refractivity contribution in [1.82, 2.24) is 4.90 Å². The summed E-state index contributed by atoms with van der Waals surface area (Å²) in [6.45, 7) is 2.67. The van der Waals surface area contributed by atoms with Gasteiger partial charge in [-0.3, -0.25) is 0 Å². The van der Waals surface area contributed by atoms with Gasteiger partial charge in [0.15, 0.2) is 0 Å². The number of nitrogens with zero attached hydrogens (tertiary/aromatic N) is 1. The number of rotatable bonds is 7. The third-order valence-corrected chi connectivity index (χ3v) is 5.02. The van der Waals surface area contributed by atoms with Crippen LogP contribution in [0.3, 0.4) is 0 Å². The van der Waals surface area contributed by atoms with Gasteiger partial charge in [0, 0.05) is 12.6 Å². The molecule has 24 heavy (non-hydrogen) atoms. The molecule has 0 aliphatic rings. The van der Waals surface area contributed by atoms with Crippen LogP contribution >= 0.6 is 23.2 Å². The summed E-state index contributed by atoms with van der Waals surface area (Å²) in [7, 11) is 2.01. The van der Waals surface area contributed by atoms with Gasteiger partial charge in [-0.2, -0.15) is 0 Å². The molecule has 0 aromatic heterocycles. The van der Waals surface area contributed by atoms with Crippen LogP contribution < -0.4 is 5.73 Å². The first-order valence-corrected chi connectivity index (χ1v) is 8.80. The molecule has 3 N–H and O–H groups in total. The number of benzene rings is 2. The Balaban J connectivity index is 1.92. The van der Waals surface area contributed by atoms with Gasteiger partial charge in [0.1, 0.15) is 0 Å². The number of likely N-dealkylation sites (N-methyl/N-ethyl adjacent to an activating group) is 1. The summed E-state index contributed by atoms with van der Waals surface area (Å²) in [6, 6.07) is 14.1. The standard InChI is InChI=1S/C19H24Cl2N2O/c1-13(8-9-14-6-4-3-5-7-14)23(2)12-18(24)15-10-16(20)19(22)17(21)11-15/h3-7,10-11,13,18,24H,8-9,12,22H2,1-2H3. The highest BCUT2D eigenvalue weighted by atomic mass is 35.5. The Morgan fingerprint density at radius 3 is 2.29 bits per heavy atom. The van der Waals surface area contributed by atoms with E-state index in [4.69, 9.17) is 28.9 Å². The highest BCUT2D eigenvalue weighted by Gasteiger charge is 2.17. The number of nitrogens with two attached hydrogens (primary N) is 1. The van der Waals surface area contributed by atoms with E-state index in [0.717, 1.165) is 12.8 Å². The summed E-state index contributed by atoms with van der Waals surface area (Å²) in [5, 5.41) is 11.2. The first kappa shape index (κ1) is 19.1. The van der Waals surface area contributed by atoms with Gasteiger partial charge in [0.05, 0.1) is 21.8 Å². The lowest BCUT2D eigenvalue weighted by atomic mass is 10.0. The number of aryl methyl sites for hydroxylation is 1. The van der Waals surface area contributed by atoms with E-state index in [1.54, 1.807) is 12.1 Å². The van der Waals surface area contributed by atoms with E-state index in [0.29, 0.717) is 33.9 Å². The fraction of sp³-hybridized carbons (Fsp3) is 0.368. The topological polar surface area (TPSA) is 49.5 Å². The molecule has 3 nitrogen and oxygen atoms in total. The Morgan fingerprint density at radius 2 is 1.71 bits per heavy atom. The lowest BCUT2D eigenvalue weighted by Crippen LogP contribution is -2.33. The van der Waals surface area contributed by atoms with E-state index in [2.05, 4.69) is 36.1 Å². The molecule has 0 aliphatic carbocycles. The van der Waals surface area contributed by atoms with Gasteiger partial charge in [0.2, 0.25) is 0 Å². The third-order valence-electron chi connectivity index (χ3n) is 4.39. The lowest BCUT2D eigenvalue weighted by Gasteiger charge is -2.27. The van der Waals surface area contributed by atoms with Crippen molar-refractivity contribution in [3.63, 3.8) is 0 Å². The number of nitrogen functional groups attached to an aromatic ring is 1. The average Bonchev–Trinajstić information content (AvgIpc) is 2.57.